The van der Waals surface area contributed by atoms with Crippen molar-refractivity contribution in [3.05, 3.63) is 0 Å². The molecule has 5 heteroatoms. The second-order valence-electron chi connectivity index (χ2n) is 0.975. The van der Waals surface area contributed by atoms with Crippen molar-refractivity contribution in [1.82, 2.24) is 10.0 Å². The first kappa shape index (κ1) is 7.58. The van der Waals surface area contributed by atoms with Crippen LogP contribution in [0, 0.1) is 0 Å². The van der Waals surface area contributed by atoms with Gasteiger partial charge in [-0.25, -0.2) is 4.79 Å². The van der Waals surface area contributed by atoms with Crippen LogP contribution in [0.25, 0.3) is 0 Å². The van der Waals surface area contributed by atoms with Gasteiger partial charge in [-0.05, 0) is 7.05 Å². The second kappa shape index (κ2) is 4.73. The van der Waals surface area contributed by atoms with Gasteiger partial charge in [0.1, 0.15) is 0 Å². The number of hydrogen-bond acceptors (Lipinski definition) is 3. The van der Waals surface area contributed by atoms with Gasteiger partial charge in [-0.15, -0.1) is 0 Å². The van der Waals surface area contributed by atoms with Gasteiger partial charge in [0, 0.05) is 0 Å². The predicted octanol–water partition coefficient (Wildman–Crippen LogP) is 0.0791. The minimum Gasteiger partial charge on any atom is -0.465 e. The van der Waals surface area contributed by atoms with Crippen molar-refractivity contribution in [1.29, 1.82) is 0 Å². The summed E-state index contributed by atoms with van der Waals surface area (Å²) >= 11 is 1.29. The van der Waals surface area contributed by atoms with Gasteiger partial charge < -0.3 is 10.4 Å². The molecule has 0 bridgehead atoms. The average molecular weight is 136 g/mol. The van der Waals surface area contributed by atoms with E-state index in [-0.39, 0.29) is 0 Å². The number of amides is 1. The fourth-order valence-electron chi connectivity index (χ4n) is 0.170. The van der Waals surface area contributed by atoms with Crippen LogP contribution in [0.3, 0.4) is 0 Å². The quantitative estimate of drug-likeness (QED) is 0.292. The Kier molecular flexibility index (Phi) is 4.48. The van der Waals surface area contributed by atoms with Gasteiger partial charge in [-0.2, -0.15) is 0 Å². The smallest absolute Gasteiger partial charge is 0.405 e. The Morgan fingerprint density at radius 3 is 2.88 bits per heavy atom. The first-order valence-corrected chi connectivity index (χ1v) is 3.01. The zero-order valence-corrected chi connectivity index (χ0v) is 5.29. The Morgan fingerprint density at radius 1 is 1.88 bits per heavy atom. The highest BCUT2D eigenvalue weighted by atomic mass is 32.2. The molecule has 3 N–H and O–H groups in total. The Hall–Kier alpha value is -0.420. The maximum Gasteiger partial charge on any atom is 0.405 e. The molecule has 0 unspecified atom stereocenters. The average Bonchev–Trinajstić information content (AvgIpc) is 1.66. The molecule has 0 rings (SSSR count). The molecule has 0 atom stereocenters. The van der Waals surface area contributed by atoms with Crippen LogP contribution >= 0.6 is 11.9 Å². The van der Waals surface area contributed by atoms with Gasteiger partial charge >= 0.3 is 6.09 Å². The molecule has 0 saturated heterocycles. The van der Waals surface area contributed by atoms with Gasteiger partial charge in [-0.1, -0.05) is 11.9 Å². The van der Waals surface area contributed by atoms with Crippen molar-refractivity contribution in [3.8, 4) is 0 Å². The van der Waals surface area contributed by atoms with Gasteiger partial charge in [0.05, 0.1) is 5.88 Å². The summed E-state index contributed by atoms with van der Waals surface area (Å²) in [5.41, 5.74) is 0. The van der Waals surface area contributed by atoms with E-state index in [2.05, 4.69) is 10.0 Å². The van der Waals surface area contributed by atoms with E-state index < -0.39 is 6.09 Å². The SMILES string of the molecule is CNSCNC(=O)O. The molecule has 0 aliphatic heterocycles. The summed E-state index contributed by atoms with van der Waals surface area (Å²) in [6.45, 7) is 0. The molecule has 48 valence electrons. The van der Waals surface area contributed by atoms with Crippen LogP contribution in [0.2, 0.25) is 0 Å². The van der Waals surface area contributed by atoms with Crippen molar-refractivity contribution in [3.63, 3.8) is 0 Å². The van der Waals surface area contributed by atoms with Crippen LogP contribution in [0.5, 0.6) is 0 Å². The minimum atomic E-state index is -0.993. The highest BCUT2D eigenvalue weighted by molar-refractivity contribution is 7.97. The van der Waals surface area contributed by atoms with E-state index in [1.165, 1.54) is 11.9 Å². The molecule has 0 spiro atoms. The molecule has 4 nitrogen and oxygen atoms in total. The second-order valence-corrected chi connectivity index (χ2v) is 1.96. The van der Waals surface area contributed by atoms with Crippen LogP contribution in [-0.4, -0.2) is 24.1 Å². The first-order valence-electron chi connectivity index (χ1n) is 2.02. The highest BCUT2D eigenvalue weighted by Crippen LogP contribution is 1.83. The highest BCUT2D eigenvalue weighted by Gasteiger charge is 1.88. The Bertz CT molecular complexity index is 77.7. The largest absolute Gasteiger partial charge is 0.465 e. The number of nitrogens with one attached hydrogen (secondary N) is 2. The molecular formula is C3H8N2O2S. The normalized spacial score (nSPS) is 8.62. The summed E-state index contributed by atoms with van der Waals surface area (Å²) in [6, 6.07) is 0. The first-order chi connectivity index (χ1) is 3.77. The molecule has 0 aliphatic rings. The molecule has 0 saturated carbocycles. The van der Waals surface area contributed by atoms with Crippen LogP contribution in [-0.2, 0) is 0 Å². The topological polar surface area (TPSA) is 61.4 Å². The number of rotatable bonds is 3. The molecule has 1 amide bonds. The van der Waals surface area contributed by atoms with Crippen molar-refractivity contribution in [2.45, 2.75) is 0 Å². The summed E-state index contributed by atoms with van der Waals surface area (Å²) in [5, 5.41) is 10.2. The Labute approximate surface area is 51.8 Å². The van der Waals surface area contributed by atoms with Crippen LogP contribution < -0.4 is 10.0 Å². The number of carbonyl (C=O) groups is 1. The van der Waals surface area contributed by atoms with Crippen molar-refractivity contribution < 1.29 is 9.90 Å². The van der Waals surface area contributed by atoms with Gasteiger partial charge in [-0.3, -0.25) is 4.72 Å². The molecule has 0 heterocycles. The fourth-order valence-corrected chi connectivity index (χ4v) is 0.510. The summed E-state index contributed by atoms with van der Waals surface area (Å²) in [7, 11) is 1.73. The molecule has 8 heavy (non-hydrogen) atoms. The minimum absolute atomic E-state index is 0.381. The monoisotopic (exact) mass is 136 g/mol. The zero-order valence-electron chi connectivity index (χ0n) is 4.47. The molecule has 0 aliphatic carbocycles. The van der Waals surface area contributed by atoms with E-state index in [1.807, 2.05) is 0 Å². The van der Waals surface area contributed by atoms with Crippen LogP contribution in [0.15, 0.2) is 0 Å². The summed E-state index contributed by atoms with van der Waals surface area (Å²) < 4.78 is 2.71. The lowest BCUT2D eigenvalue weighted by Gasteiger charge is -1.95. The molecule has 0 aromatic rings. The molecule has 0 radical (unpaired) electrons. The fraction of sp³-hybridized carbons (Fsp3) is 0.667. The van der Waals surface area contributed by atoms with Crippen LogP contribution in [0.4, 0.5) is 4.79 Å². The maximum absolute atomic E-state index is 9.72. The maximum atomic E-state index is 9.72. The van der Waals surface area contributed by atoms with E-state index in [9.17, 15) is 4.79 Å². The van der Waals surface area contributed by atoms with Crippen molar-refractivity contribution in [2.75, 3.05) is 12.9 Å². The third-order valence-electron chi connectivity index (χ3n) is 0.440. The summed E-state index contributed by atoms with van der Waals surface area (Å²) in [5.74, 6) is 0.381. The van der Waals surface area contributed by atoms with E-state index in [1.54, 1.807) is 7.05 Å². The molecule has 0 aromatic heterocycles. The Balaban J connectivity index is 2.82. The molecule has 0 aromatic carbocycles. The number of hydrogen-bond donors (Lipinski definition) is 3. The van der Waals surface area contributed by atoms with Gasteiger partial charge in [0.15, 0.2) is 0 Å². The standard InChI is InChI=1S/C3H8N2O2S/c1-4-8-2-5-3(6)7/h4-5H,2H2,1H3,(H,6,7). The summed E-state index contributed by atoms with van der Waals surface area (Å²) in [4.78, 5) is 9.72. The Morgan fingerprint density at radius 2 is 2.50 bits per heavy atom. The van der Waals surface area contributed by atoms with Gasteiger partial charge in [0.2, 0.25) is 0 Å². The predicted molar refractivity (Wildman–Crippen MR) is 32.7 cm³/mol. The lowest BCUT2D eigenvalue weighted by Crippen LogP contribution is -2.21. The van der Waals surface area contributed by atoms with E-state index in [0.29, 0.717) is 5.88 Å². The van der Waals surface area contributed by atoms with Crippen molar-refractivity contribution >= 4 is 18.0 Å². The lowest BCUT2D eigenvalue weighted by molar-refractivity contribution is 0.196. The molecule has 0 fully saturated rings. The van der Waals surface area contributed by atoms with E-state index in [4.69, 9.17) is 5.11 Å². The zero-order chi connectivity index (χ0) is 6.41. The van der Waals surface area contributed by atoms with Crippen LogP contribution in [0.1, 0.15) is 0 Å². The van der Waals surface area contributed by atoms with Gasteiger partial charge in [0.25, 0.3) is 0 Å². The number of carboxylic acid groups (broad SMARTS) is 1. The molecular weight excluding hydrogens is 128 g/mol. The summed E-state index contributed by atoms with van der Waals surface area (Å²) in [6.07, 6.45) is -0.993. The van der Waals surface area contributed by atoms with E-state index in [0.717, 1.165) is 0 Å². The van der Waals surface area contributed by atoms with Crippen molar-refractivity contribution in [2.24, 2.45) is 0 Å². The third-order valence-corrected chi connectivity index (χ3v) is 1.02. The van der Waals surface area contributed by atoms with E-state index >= 15 is 0 Å². The lowest BCUT2D eigenvalue weighted by atomic mass is 11.1. The third kappa shape index (κ3) is 5.58.